The van der Waals surface area contributed by atoms with E-state index in [1.807, 2.05) is 62.4 Å². The monoisotopic (exact) mass is 263 g/mol. The molecule has 1 N–H and O–H groups in total. The Bertz CT molecular complexity index is 663. The van der Waals surface area contributed by atoms with E-state index >= 15 is 0 Å². The van der Waals surface area contributed by atoms with Crippen LogP contribution in [-0.4, -0.2) is 12.5 Å². The molecule has 100 valence electrons. The molecule has 0 atom stereocenters. The summed E-state index contributed by atoms with van der Waals surface area (Å²) in [5.41, 5.74) is 3.80. The first-order chi connectivity index (χ1) is 9.66. The fourth-order valence-corrected chi connectivity index (χ4v) is 1.96. The predicted octanol–water partition coefficient (Wildman–Crippen LogP) is 3.08. The Morgan fingerprint density at radius 3 is 2.55 bits per heavy atom. The molecule has 2 nitrogen and oxygen atoms in total. The average molecular weight is 263 g/mol. The fourth-order valence-electron chi connectivity index (χ4n) is 1.96. The second-order valence-electron chi connectivity index (χ2n) is 4.67. The summed E-state index contributed by atoms with van der Waals surface area (Å²) in [6.07, 6.45) is 0. The molecule has 2 heteroatoms. The van der Waals surface area contributed by atoms with Gasteiger partial charge in [-0.15, -0.1) is 0 Å². The Kier molecular flexibility index (Phi) is 4.57. The van der Waals surface area contributed by atoms with Gasteiger partial charge in [-0.2, -0.15) is 0 Å². The van der Waals surface area contributed by atoms with E-state index in [0.717, 1.165) is 16.7 Å². The molecule has 0 bridgehead atoms. The maximum Gasteiger partial charge on any atom is 0.252 e. The van der Waals surface area contributed by atoms with Gasteiger partial charge in [0.25, 0.3) is 5.91 Å². The number of aryl methyl sites for hydroxylation is 2. The molecule has 0 heterocycles. The van der Waals surface area contributed by atoms with Crippen LogP contribution in [0, 0.1) is 25.7 Å². The standard InChI is InChI=1S/C18H17NO/c1-14-10-11-17(15(2)13-14)18(20)19-12-6-9-16-7-4-3-5-8-16/h3-5,7-8,10-11,13H,12H2,1-2H3,(H,19,20). The van der Waals surface area contributed by atoms with Gasteiger partial charge in [-0.3, -0.25) is 4.79 Å². The number of carbonyl (C=O) groups is 1. The number of hydrogen-bond acceptors (Lipinski definition) is 1. The van der Waals surface area contributed by atoms with Crippen LogP contribution in [0.4, 0.5) is 0 Å². The second-order valence-corrected chi connectivity index (χ2v) is 4.67. The summed E-state index contributed by atoms with van der Waals surface area (Å²) in [5, 5.41) is 2.82. The number of benzene rings is 2. The maximum atomic E-state index is 12.0. The largest absolute Gasteiger partial charge is 0.341 e. The molecule has 0 spiro atoms. The van der Waals surface area contributed by atoms with Crippen molar-refractivity contribution in [3.05, 3.63) is 70.8 Å². The van der Waals surface area contributed by atoms with Gasteiger partial charge < -0.3 is 5.32 Å². The molecule has 0 radical (unpaired) electrons. The van der Waals surface area contributed by atoms with Crippen molar-refractivity contribution in [2.45, 2.75) is 13.8 Å². The first-order valence-corrected chi connectivity index (χ1v) is 6.56. The number of rotatable bonds is 2. The van der Waals surface area contributed by atoms with Gasteiger partial charge in [-0.1, -0.05) is 47.7 Å². The summed E-state index contributed by atoms with van der Waals surface area (Å²) in [6.45, 7) is 4.30. The minimum atomic E-state index is -0.0788. The Balaban J connectivity index is 1.95. The molecule has 0 unspecified atom stereocenters. The molecule has 0 aromatic heterocycles. The number of carbonyl (C=O) groups excluding carboxylic acids is 1. The van der Waals surface area contributed by atoms with E-state index in [4.69, 9.17) is 0 Å². The van der Waals surface area contributed by atoms with E-state index in [1.165, 1.54) is 0 Å². The number of nitrogens with one attached hydrogen (secondary N) is 1. The summed E-state index contributed by atoms with van der Waals surface area (Å²) in [5.74, 6) is 5.88. The van der Waals surface area contributed by atoms with Gasteiger partial charge in [0.2, 0.25) is 0 Å². The molecular weight excluding hydrogens is 246 g/mol. The Hall–Kier alpha value is -2.53. The number of amides is 1. The van der Waals surface area contributed by atoms with Gasteiger partial charge in [-0.25, -0.2) is 0 Å². The molecular formula is C18H17NO. The first kappa shape index (κ1) is 13.9. The zero-order chi connectivity index (χ0) is 14.4. The zero-order valence-corrected chi connectivity index (χ0v) is 11.7. The average Bonchev–Trinajstić information content (AvgIpc) is 2.44. The highest BCUT2D eigenvalue weighted by molar-refractivity contribution is 5.95. The smallest absolute Gasteiger partial charge is 0.252 e. The Labute approximate surface area is 119 Å². The minimum Gasteiger partial charge on any atom is -0.341 e. The van der Waals surface area contributed by atoms with Crippen LogP contribution in [0.5, 0.6) is 0 Å². The van der Waals surface area contributed by atoms with Gasteiger partial charge in [0.15, 0.2) is 0 Å². The van der Waals surface area contributed by atoms with E-state index in [1.54, 1.807) is 0 Å². The lowest BCUT2D eigenvalue weighted by Gasteiger charge is -2.06. The van der Waals surface area contributed by atoms with Crippen molar-refractivity contribution in [1.29, 1.82) is 0 Å². The normalized spacial score (nSPS) is 9.50. The molecule has 1 amide bonds. The minimum absolute atomic E-state index is 0.0788. The Morgan fingerprint density at radius 2 is 1.85 bits per heavy atom. The van der Waals surface area contributed by atoms with E-state index in [9.17, 15) is 4.79 Å². The van der Waals surface area contributed by atoms with Gasteiger partial charge in [0.05, 0.1) is 6.54 Å². The van der Waals surface area contributed by atoms with Gasteiger partial charge in [0.1, 0.15) is 0 Å². The highest BCUT2D eigenvalue weighted by atomic mass is 16.1. The summed E-state index contributed by atoms with van der Waals surface area (Å²) in [4.78, 5) is 12.0. The SMILES string of the molecule is Cc1ccc(C(=O)NCC#Cc2ccccc2)c(C)c1. The molecule has 0 saturated carbocycles. The summed E-state index contributed by atoms with van der Waals surface area (Å²) < 4.78 is 0. The molecule has 2 rings (SSSR count). The van der Waals surface area contributed by atoms with Crippen molar-refractivity contribution < 1.29 is 4.79 Å². The summed E-state index contributed by atoms with van der Waals surface area (Å²) in [7, 11) is 0. The van der Waals surface area contributed by atoms with E-state index < -0.39 is 0 Å². The first-order valence-electron chi connectivity index (χ1n) is 6.56. The van der Waals surface area contributed by atoms with Crippen molar-refractivity contribution in [1.82, 2.24) is 5.32 Å². The van der Waals surface area contributed by atoms with Crippen LogP contribution >= 0.6 is 0 Å². The van der Waals surface area contributed by atoms with Crippen LogP contribution in [0.2, 0.25) is 0 Å². The third-order valence-corrected chi connectivity index (χ3v) is 2.97. The van der Waals surface area contributed by atoms with E-state index in [2.05, 4.69) is 17.2 Å². The lowest BCUT2D eigenvalue weighted by Crippen LogP contribution is -2.24. The van der Waals surface area contributed by atoms with Crippen molar-refractivity contribution >= 4 is 5.91 Å². The lowest BCUT2D eigenvalue weighted by molar-refractivity contribution is 0.0958. The van der Waals surface area contributed by atoms with Crippen LogP contribution in [0.3, 0.4) is 0 Å². The maximum absolute atomic E-state index is 12.0. The fraction of sp³-hybridized carbons (Fsp3) is 0.167. The summed E-state index contributed by atoms with van der Waals surface area (Å²) in [6, 6.07) is 15.5. The molecule has 0 aliphatic heterocycles. The topological polar surface area (TPSA) is 29.1 Å². The van der Waals surface area contributed by atoms with Gasteiger partial charge >= 0.3 is 0 Å². The third-order valence-electron chi connectivity index (χ3n) is 2.97. The molecule has 0 fully saturated rings. The van der Waals surface area contributed by atoms with Crippen molar-refractivity contribution in [2.24, 2.45) is 0 Å². The van der Waals surface area contributed by atoms with Crippen molar-refractivity contribution in [3.63, 3.8) is 0 Å². The lowest BCUT2D eigenvalue weighted by atomic mass is 10.1. The van der Waals surface area contributed by atoms with Crippen LogP contribution < -0.4 is 5.32 Å². The third kappa shape index (κ3) is 3.73. The Morgan fingerprint density at radius 1 is 1.10 bits per heavy atom. The van der Waals surface area contributed by atoms with Crippen LogP contribution in [0.25, 0.3) is 0 Å². The molecule has 0 aliphatic carbocycles. The van der Waals surface area contributed by atoms with Crippen LogP contribution in [0.15, 0.2) is 48.5 Å². The van der Waals surface area contributed by atoms with Crippen molar-refractivity contribution in [2.75, 3.05) is 6.54 Å². The second kappa shape index (κ2) is 6.58. The molecule has 2 aromatic rings. The predicted molar refractivity (Wildman–Crippen MR) is 81.6 cm³/mol. The summed E-state index contributed by atoms with van der Waals surface area (Å²) >= 11 is 0. The van der Waals surface area contributed by atoms with E-state index in [-0.39, 0.29) is 5.91 Å². The highest BCUT2D eigenvalue weighted by Gasteiger charge is 2.07. The van der Waals surface area contributed by atoms with Crippen molar-refractivity contribution in [3.8, 4) is 11.8 Å². The molecule has 0 aliphatic rings. The number of hydrogen-bond donors (Lipinski definition) is 1. The highest BCUT2D eigenvalue weighted by Crippen LogP contribution is 2.09. The van der Waals surface area contributed by atoms with Crippen LogP contribution in [-0.2, 0) is 0 Å². The zero-order valence-electron chi connectivity index (χ0n) is 11.7. The molecule has 20 heavy (non-hydrogen) atoms. The molecule has 2 aromatic carbocycles. The van der Waals surface area contributed by atoms with Gasteiger partial charge in [-0.05, 0) is 37.6 Å². The van der Waals surface area contributed by atoms with Gasteiger partial charge in [0, 0.05) is 11.1 Å². The quantitative estimate of drug-likeness (QED) is 0.829. The van der Waals surface area contributed by atoms with E-state index in [0.29, 0.717) is 12.1 Å². The molecule has 0 saturated heterocycles. The van der Waals surface area contributed by atoms with Crippen LogP contribution in [0.1, 0.15) is 27.0 Å².